The summed E-state index contributed by atoms with van der Waals surface area (Å²) in [5.74, 6) is 0.273. The highest BCUT2D eigenvalue weighted by atomic mass is 17.2. The molecule has 5 heteroatoms. The number of amides is 1. The molecule has 82 valence electrons. The third kappa shape index (κ3) is 2.16. The Morgan fingerprint density at radius 1 is 1.57 bits per heavy atom. The molecule has 1 amide bonds. The van der Waals surface area contributed by atoms with Gasteiger partial charge < -0.3 is 9.64 Å². The Morgan fingerprint density at radius 2 is 2.21 bits per heavy atom. The number of rotatable bonds is 4. The summed E-state index contributed by atoms with van der Waals surface area (Å²) < 4.78 is 5.20. The van der Waals surface area contributed by atoms with Gasteiger partial charge in [0.2, 0.25) is 0 Å². The van der Waals surface area contributed by atoms with Crippen LogP contribution < -0.4 is 0 Å². The van der Waals surface area contributed by atoms with Gasteiger partial charge in [0.25, 0.3) is 0 Å². The van der Waals surface area contributed by atoms with Gasteiger partial charge in [0.15, 0.2) is 0 Å². The molecule has 0 aromatic rings. The Kier molecular flexibility index (Phi) is 3.71. The molecule has 0 aliphatic carbocycles. The maximum atomic E-state index is 11.3. The van der Waals surface area contributed by atoms with Gasteiger partial charge in [-0.25, -0.2) is 14.6 Å². The van der Waals surface area contributed by atoms with Crippen molar-refractivity contribution in [2.24, 2.45) is 5.92 Å². The molecule has 0 N–H and O–H groups in total. The van der Waals surface area contributed by atoms with Crippen LogP contribution in [0.2, 0.25) is 0 Å². The molecule has 2 atom stereocenters. The first-order valence-corrected chi connectivity index (χ1v) is 4.67. The maximum absolute atomic E-state index is 11.3. The normalized spacial score (nSPS) is 27.2. The Labute approximate surface area is 83.8 Å². The minimum atomic E-state index is -0.298. The van der Waals surface area contributed by atoms with E-state index in [-0.39, 0.29) is 24.2 Å². The molecule has 1 aliphatic rings. The SMILES string of the molecule is COOCC1C(C(C)C)OC(=O)N1C. The average Bonchev–Trinajstić information content (AvgIpc) is 2.41. The van der Waals surface area contributed by atoms with Crippen molar-refractivity contribution in [3.05, 3.63) is 0 Å². The van der Waals surface area contributed by atoms with Crippen molar-refractivity contribution >= 4 is 6.09 Å². The van der Waals surface area contributed by atoms with Crippen molar-refractivity contribution in [2.75, 3.05) is 20.8 Å². The number of cyclic esters (lactones) is 1. The topological polar surface area (TPSA) is 48.0 Å². The minimum Gasteiger partial charge on any atom is -0.444 e. The fourth-order valence-electron chi connectivity index (χ4n) is 1.56. The highest BCUT2D eigenvalue weighted by Gasteiger charge is 2.41. The summed E-state index contributed by atoms with van der Waals surface area (Å²) in [6, 6.07) is -0.0672. The van der Waals surface area contributed by atoms with E-state index >= 15 is 0 Å². The van der Waals surface area contributed by atoms with Gasteiger partial charge in [-0.2, -0.15) is 0 Å². The number of ether oxygens (including phenoxy) is 1. The molecule has 0 spiro atoms. The predicted octanol–water partition coefficient (Wildman–Crippen LogP) is 1.04. The number of carbonyl (C=O) groups excluding carboxylic acids is 1. The second kappa shape index (κ2) is 4.61. The van der Waals surface area contributed by atoms with Gasteiger partial charge in [0.05, 0.1) is 13.2 Å². The monoisotopic (exact) mass is 203 g/mol. The van der Waals surface area contributed by atoms with Crippen LogP contribution in [0.4, 0.5) is 4.79 Å². The zero-order chi connectivity index (χ0) is 10.7. The van der Waals surface area contributed by atoms with Crippen molar-refractivity contribution in [3.63, 3.8) is 0 Å². The molecule has 14 heavy (non-hydrogen) atoms. The summed E-state index contributed by atoms with van der Waals surface area (Å²) in [6.45, 7) is 4.36. The first-order valence-electron chi connectivity index (χ1n) is 4.67. The van der Waals surface area contributed by atoms with Crippen LogP contribution in [-0.2, 0) is 14.5 Å². The Balaban J connectivity index is 2.61. The van der Waals surface area contributed by atoms with Crippen molar-refractivity contribution in [1.82, 2.24) is 4.90 Å². The quantitative estimate of drug-likeness (QED) is 0.506. The van der Waals surface area contributed by atoms with Gasteiger partial charge in [-0.05, 0) is 5.92 Å². The van der Waals surface area contributed by atoms with E-state index < -0.39 is 0 Å². The molecule has 1 saturated heterocycles. The summed E-state index contributed by atoms with van der Waals surface area (Å²) in [6.07, 6.45) is -0.420. The molecular weight excluding hydrogens is 186 g/mol. The summed E-state index contributed by atoms with van der Waals surface area (Å²) in [5.41, 5.74) is 0. The molecular formula is C9H17NO4. The summed E-state index contributed by atoms with van der Waals surface area (Å²) in [4.78, 5) is 22.2. The van der Waals surface area contributed by atoms with Crippen LogP contribution in [0.1, 0.15) is 13.8 Å². The van der Waals surface area contributed by atoms with Gasteiger partial charge in [-0.15, -0.1) is 0 Å². The summed E-state index contributed by atoms with van der Waals surface area (Å²) >= 11 is 0. The van der Waals surface area contributed by atoms with Crippen molar-refractivity contribution in [3.8, 4) is 0 Å². The molecule has 0 aromatic carbocycles. The molecule has 0 bridgehead atoms. The molecule has 0 saturated carbocycles. The van der Waals surface area contributed by atoms with Gasteiger partial charge in [-0.3, -0.25) is 0 Å². The Bertz CT molecular complexity index is 207. The third-order valence-electron chi connectivity index (χ3n) is 2.42. The fourth-order valence-corrected chi connectivity index (χ4v) is 1.56. The van der Waals surface area contributed by atoms with Gasteiger partial charge in [0.1, 0.15) is 12.7 Å². The Hall–Kier alpha value is -0.810. The standard InChI is InChI=1S/C9H17NO4/c1-6(2)8-7(5-13-12-4)10(3)9(11)14-8/h6-8H,5H2,1-4H3. The lowest BCUT2D eigenvalue weighted by atomic mass is 10.0. The average molecular weight is 203 g/mol. The van der Waals surface area contributed by atoms with E-state index in [0.29, 0.717) is 6.61 Å². The molecule has 1 heterocycles. The summed E-state index contributed by atoms with van der Waals surface area (Å²) in [5, 5.41) is 0. The lowest BCUT2D eigenvalue weighted by molar-refractivity contribution is -0.280. The van der Waals surface area contributed by atoms with E-state index in [9.17, 15) is 4.79 Å². The second-order valence-corrected chi connectivity index (χ2v) is 3.72. The largest absolute Gasteiger partial charge is 0.444 e. The first kappa shape index (κ1) is 11.3. The van der Waals surface area contributed by atoms with Crippen LogP contribution in [0.3, 0.4) is 0 Å². The smallest absolute Gasteiger partial charge is 0.410 e. The Morgan fingerprint density at radius 3 is 2.71 bits per heavy atom. The molecule has 5 nitrogen and oxygen atoms in total. The zero-order valence-corrected chi connectivity index (χ0v) is 9.02. The first-order chi connectivity index (χ1) is 6.57. The lowest BCUT2D eigenvalue weighted by Crippen LogP contribution is -2.39. The minimum absolute atomic E-state index is 0.0672. The highest BCUT2D eigenvalue weighted by molar-refractivity contribution is 5.70. The molecule has 1 rings (SSSR count). The highest BCUT2D eigenvalue weighted by Crippen LogP contribution is 2.23. The van der Waals surface area contributed by atoms with Gasteiger partial charge in [-0.1, -0.05) is 13.8 Å². The van der Waals surface area contributed by atoms with E-state index in [1.54, 1.807) is 11.9 Å². The number of likely N-dealkylation sites (N-methyl/N-ethyl adjacent to an activating group) is 1. The van der Waals surface area contributed by atoms with Crippen molar-refractivity contribution < 1.29 is 19.3 Å². The van der Waals surface area contributed by atoms with E-state index in [4.69, 9.17) is 9.62 Å². The number of hydrogen-bond acceptors (Lipinski definition) is 4. The van der Waals surface area contributed by atoms with E-state index in [0.717, 1.165) is 0 Å². The van der Waals surface area contributed by atoms with Crippen LogP contribution in [0.15, 0.2) is 0 Å². The van der Waals surface area contributed by atoms with Gasteiger partial charge in [0, 0.05) is 7.05 Å². The van der Waals surface area contributed by atoms with E-state index in [1.807, 2.05) is 13.8 Å². The second-order valence-electron chi connectivity index (χ2n) is 3.72. The maximum Gasteiger partial charge on any atom is 0.410 e. The van der Waals surface area contributed by atoms with Crippen LogP contribution in [-0.4, -0.2) is 43.9 Å². The molecule has 2 unspecified atom stereocenters. The molecule has 1 aliphatic heterocycles. The molecule has 1 fully saturated rings. The predicted molar refractivity (Wildman–Crippen MR) is 49.6 cm³/mol. The van der Waals surface area contributed by atoms with Crippen LogP contribution >= 0.6 is 0 Å². The number of hydrogen-bond donors (Lipinski definition) is 0. The zero-order valence-electron chi connectivity index (χ0n) is 9.02. The third-order valence-corrected chi connectivity index (χ3v) is 2.42. The van der Waals surface area contributed by atoms with Crippen molar-refractivity contribution in [2.45, 2.75) is 26.0 Å². The molecule has 0 radical (unpaired) electrons. The van der Waals surface area contributed by atoms with Crippen molar-refractivity contribution in [1.29, 1.82) is 0 Å². The van der Waals surface area contributed by atoms with E-state index in [1.165, 1.54) is 7.11 Å². The van der Waals surface area contributed by atoms with Crippen LogP contribution in [0.5, 0.6) is 0 Å². The fraction of sp³-hybridized carbons (Fsp3) is 0.889. The lowest BCUT2D eigenvalue weighted by Gasteiger charge is -2.22. The van der Waals surface area contributed by atoms with Crippen LogP contribution in [0.25, 0.3) is 0 Å². The van der Waals surface area contributed by atoms with Gasteiger partial charge >= 0.3 is 6.09 Å². The number of carbonyl (C=O) groups is 1. The van der Waals surface area contributed by atoms with Crippen LogP contribution in [0, 0.1) is 5.92 Å². The summed E-state index contributed by atoms with van der Waals surface area (Å²) in [7, 11) is 3.15. The van der Waals surface area contributed by atoms with E-state index in [2.05, 4.69) is 4.89 Å². The number of nitrogens with zero attached hydrogens (tertiary/aromatic N) is 1. The molecule has 0 aromatic heterocycles.